The molecule has 3 heterocycles. The van der Waals surface area contributed by atoms with Crippen molar-refractivity contribution in [2.24, 2.45) is 0 Å². The van der Waals surface area contributed by atoms with Crippen LogP contribution in [-0.2, 0) is 20.9 Å². The fourth-order valence-electron chi connectivity index (χ4n) is 3.17. The van der Waals surface area contributed by atoms with E-state index in [1.807, 2.05) is 11.3 Å². The highest BCUT2D eigenvalue weighted by Crippen LogP contribution is 2.33. The minimum absolute atomic E-state index is 0.0233. The van der Waals surface area contributed by atoms with Crippen LogP contribution in [0.3, 0.4) is 0 Å². The van der Waals surface area contributed by atoms with Gasteiger partial charge in [-0.05, 0) is 30.7 Å². The number of rotatable bonds is 3. The van der Waals surface area contributed by atoms with Crippen molar-refractivity contribution in [3.63, 3.8) is 0 Å². The third kappa shape index (κ3) is 5.42. The van der Waals surface area contributed by atoms with Crippen LogP contribution in [-0.4, -0.2) is 59.9 Å². The van der Waals surface area contributed by atoms with Gasteiger partial charge in [-0.3, -0.25) is 9.69 Å². The third-order valence-electron chi connectivity index (χ3n) is 4.38. The van der Waals surface area contributed by atoms with Crippen molar-refractivity contribution < 1.29 is 32.6 Å². The average Bonchev–Trinajstić information content (AvgIpc) is 3.24. The van der Waals surface area contributed by atoms with Crippen LogP contribution >= 0.6 is 11.3 Å². The molecule has 3 atom stereocenters. The Kier molecular flexibility index (Phi) is 7.01. The Balaban J connectivity index is 0.000000298. The largest absolute Gasteiger partial charge is 0.490 e. The highest BCUT2D eigenvalue weighted by atomic mass is 32.1. The Morgan fingerprint density at radius 1 is 1.38 bits per heavy atom. The summed E-state index contributed by atoms with van der Waals surface area (Å²) in [5, 5.41) is 11.9. The molecule has 0 saturated carbocycles. The zero-order valence-electron chi connectivity index (χ0n) is 14.2. The lowest BCUT2D eigenvalue weighted by Gasteiger charge is -2.35. The molecule has 2 fully saturated rings. The Labute approximate surface area is 152 Å². The zero-order valence-corrected chi connectivity index (χ0v) is 15.0. The second kappa shape index (κ2) is 8.83. The molecule has 0 unspecified atom stereocenters. The molecular weight excluding hydrogens is 373 g/mol. The number of fused-ring (bicyclic) bond motifs is 1. The van der Waals surface area contributed by atoms with E-state index in [4.69, 9.17) is 14.6 Å². The van der Waals surface area contributed by atoms with Crippen LogP contribution in [0.4, 0.5) is 13.2 Å². The number of halogens is 3. The minimum atomic E-state index is -5.08. The Morgan fingerprint density at radius 2 is 2.08 bits per heavy atom. The normalized spacial score (nSPS) is 25.8. The molecule has 0 aromatic carbocycles. The van der Waals surface area contributed by atoms with E-state index in [9.17, 15) is 18.0 Å². The lowest BCUT2D eigenvalue weighted by atomic mass is 9.98. The summed E-state index contributed by atoms with van der Waals surface area (Å²) < 4.78 is 37.7. The minimum Gasteiger partial charge on any atom is -0.475 e. The Morgan fingerprint density at radius 3 is 2.62 bits per heavy atom. The molecule has 2 aliphatic rings. The molecular formula is C16H21F3N2O4S. The molecule has 1 aromatic rings. The molecule has 10 heteroatoms. The maximum atomic E-state index is 11.6. The fourth-order valence-corrected chi connectivity index (χ4v) is 3.90. The number of nitrogens with one attached hydrogen (secondary N) is 1. The van der Waals surface area contributed by atoms with Gasteiger partial charge in [-0.2, -0.15) is 13.2 Å². The van der Waals surface area contributed by atoms with Crippen molar-refractivity contribution in [2.75, 3.05) is 13.6 Å². The average molecular weight is 394 g/mol. The quantitative estimate of drug-likeness (QED) is 0.822. The van der Waals surface area contributed by atoms with Crippen molar-refractivity contribution >= 4 is 23.2 Å². The summed E-state index contributed by atoms with van der Waals surface area (Å²) in [5.74, 6) is -2.73. The van der Waals surface area contributed by atoms with Crippen molar-refractivity contribution in [3.05, 3.63) is 22.4 Å². The van der Waals surface area contributed by atoms with Gasteiger partial charge in [-0.15, -0.1) is 11.3 Å². The second-order valence-electron chi connectivity index (χ2n) is 6.06. The first kappa shape index (κ1) is 20.7. The molecule has 0 aliphatic carbocycles. The predicted molar refractivity (Wildman–Crippen MR) is 88.8 cm³/mol. The molecule has 0 spiro atoms. The first-order valence-corrected chi connectivity index (χ1v) is 9.04. The van der Waals surface area contributed by atoms with Gasteiger partial charge >= 0.3 is 12.1 Å². The Hall–Kier alpha value is -1.65. The van der Waals surface area contributed by atoms with E-state index in [1.54, 1.807) is 7.05 Å². The predicted octanol–water partition coefficient (Wildman–Crippen LogP) is 2.25. The molecule has 1 amide bonds. The van der Waals surface area contributed by atoms with Gasteiger partial charge in [-0.25, -0.2) is 4.79 Å². The van der Waals surface area contributed by atoms with E-state index in [0.29, 0.717) is 6.04 Å². The number of hydrogen-bond acceptors (Lipinski definition) is 5. The topological polar surface area (TPSA) is 78.9 Å². The highest BCUT2D eigenvalue weighted by Gasteiger charge is 2.41. The molecule has 2 N–H and O–H groups in total. The van der Waals surface area contributed by atoms with E-state index < -0.39 is 12.1 Å². The smallest absolute Gasteiger partial charge is 0.475 e. The van der Waals surface area contributed by atoms with Gasteiger partial charge in [-0.1, -0.05) is 6.07 Å². The monoisotopic (exact) mass is 394 g/mol. The SMILES string of the molecule is CNC(=O)[C@@H]1CC[C@@H]2[C@@H](CCN2Cc2cccs2)O1.O=C(O)C(F)(F)F. The van der Waals surface area contributed by atoms with Crippen LogP contribution in [0.25, 0.3) is 0 Å². The van der Waals surface area contributed by atoms with Gasteiger partial charge in [0.15, 0.2) is 0 Å². The molecule has 6 nitrogen and oxygen atoms in total. The van der Waals surface area contributed by atoms with Crippen LogP contribution < -0.4 is 5.32 Å². The number of carbonyl (C=O) groups excluding carboxylic acids is 1. The van der Waals surface area contributed by atoms with Gasteiger partial charge in [0.2, 0.25) is 5.91 Å². The van der Waals surface area contributed by atoms with Gasteiger partial charge in [0.25, 0.3) is 0 Å². The number of ether oxygens (including phenoxy) is 1. The van der Waals surface area contributed by atoms with Crippen LogP contribution in [0.1, 0.15) is 24.1 Å². The van der Waals surface area contributed by atoms with Gasteiger partial charge < -0.3 is 15.2 Å². The number of likely N-dealkylation sites (N-methyl/N-ethyl adjacent to an activating group) is 1. The standard InChI is InChI=1S/C14H20N2O2S.C2HF3O2/c1-15-14(17)13-5-4-11-12(18-13)6-7-16(11)9-10-3-2-8-19-10;3-2(4,5)1(6)7/h2-3,8,11-13H,4-7,9H2,1H3,(H,15,17);(H,6,7)/t11-,12-,13+;/m1./s1. The molecule has 0 bridgehead atoms. The van der Waals surface area contributed by atoms with Crippen LogP contribution in [0.15, 0.2) is 17.5 Å². The lowest BCUT2D eigenvalue weighted by Crippen LogP contribution is -2.46. The Bertz CT molecular complexity index is 609. The van der Waals surface area contributed by atoms with Crippen LogP contribution in [0, 0.1) is 0 Å². The summed E-state index contributed by atoms with van der Waals surface area (Å²) in [5.41, 5.74) is 0. The summed E-state index contributed by atoms with van der Waals surface area (Å²) in [6, 6.07) is 4.78. The number of aliphatic carboxylic acids is 1. The summed E-state index contributed by atoms with van der Waals surface area (Å²) in [7, 11) is 1.68. The number of thiophene rings is 1. The maximum absolute atomic E-state index is 11.6. The van der Waals surface area contributed by atoms with Gasteiger partial charge in [0, 0.05) is 31.1 Å². The summed E-state index contributed by atoms with van der Waals surface area (Å²) in [6.07, 6.45) is -2.15. The number of carboxylic acid groups (broad SMARTS) is 1. The van der Waals surface area contributed by atoms with Gasteiger partial charge in [0.1, 0.15) is 6.10 Å². The molecule has 2 aliphatic heterocycles. The molecule has 146 valence electrons. The number of hydrogen-bond donors (Lipinski definition) is 2. The van der Waals surface area contributed by atoms with E-state index in [-0.39, 0.29) is 18.1 Å². The highest BCUT2D eigenvalue weighted by molar-refractivity contribution is 7.09. The summed E-state index contributed by atoms with van der Waals surface area (Å²) in [4.78, 5) is 24.5. The second-order valence-corrected chi connectivity index (χ2v) is 7.10. The van der Waals surface area contributed by atoms with Crippen LogP contribution in [0.2, 0.25) is 0 Å². The third-order valence-corrected chi connectivity index (χ3v) is 5.24. The van der Waals surface area contributed by atoms with E-state index >= 15 is 0 Å². The molecule has 2 saturated heterocycles. The van der Waals surface area contributed by atoms with Crippen molar-refractivity contribution in [1.82, 2.24) is 10.2 Å². The van der Waals surface area contributed by atoms with Crippen molar-refractivity contribution in [3.8, 4) is 0 Å². The van der Waals surface area contributed by atoms with E-state index in [0.717, 1.165) is 32.4 Å². The number of carboxylic acids is 1. The maximum Gasteiger partial charge on any atom is 0.490 e. The first-order chi connectivity index (χ1) is 12.2. The van der Waals surface area contributed by atoms with Crippen LogP contribution in [0.5, 0.6) is 0 Å². The molecule has 26 heavy (non-hydrogen) atoms. The molecule has 3 rings (SSSR count). The number of amides is 1. The molecule has 0 radical (unpaired) electrons. The lowest BCUT2D eigenvalue weighted by molar-refractivity contribution is -0.192. The van der Waals surface area contributed by atoms with Crippen molar-refractivity contribution in [1.29, 1.82) is 0 Å². The fraction of sp³-hybridized carbons (Fsp3) is 0.625. The summed E-state index contributed by atoms with van der Waals surface area (Å²) in [6.45, 7) is 2.10. The van der Waals surface area contributed by atoms with Crippen molar-refractivity contribution in [2.45, 2.75) is 50.2 Å². The van der Waals surface area contributed by atoms with E-state index in [1.165, 1.54) is 4.88 Å². The molecule has 1 aromatic heterocycles. The summed E-state index contributed by atoms with van der Waals surface area (Å²) >= 11 is 1.81. The van der Waals surface area contributed by atoms with E-state index in [2.05, 4.69) is 27.7 Å². The zero-order chi connectivity index (χ0) is 19.3. The number of likely N-dealkylation sites (tertiary alicyclic amines) is 1. The number of nitrogens with zero attached hydrogens (tertiary/aromatic N) is 1. The first-order valence-electron chi connectivity index (χ1n) is 8.16. The number of carbonyl (C=O) groups is 2. The van der Waals surface area contributed by atoms with Gasteiger partial charge in [0.05, 0.1) is 6.10 Å². The number of alkyl halides is 3.